The van der Waals surface area contributed by atoms with E-state index in [1.807, 2.05) is 0 Å². The van der Waals surface area contributed by atoms with Gasteiger partial charge in [0.15, 0.2) is 0 Å². The van der Waals surface area contributed by atoms with E-state index in [0.29, 0.717) is 12.1 Å². The largest absolute Gasteiger partial charge is 0.377 e. The highest BCUT2D eigenvalue weighted by atomic mass is 16.5. The van der Waals surface area contributed by atoms with Gasteiger partial charge in [0.05, 0.1) is 6.10 Å². The van der Waals surface area contributed by atoms with Crippen molar-refractivity contribution in [1.82, 2.24) is 5.32 Å². The monoisotopic (exact) mass is 239 g/mol. The van der Waals surface area contributed by atoms with Crippen LogP contribution in [0.5, 0.6) is 0 Å². The molecular weight excluding hydrogens is 210 g/mol. The van der Waals surface area contributed by atoms with Crippen molar-refractivity contribution in [3.63, 3.8) is 0 Å². The molecule has 0 amide bonds. The van der Waals surface area contributed by atoms with E-state index < -0.39 is 0 Å². The zero-order valence-electron chi connectivity index (χ0n) is 11.8. The molecule has 2 unspecified atom stereocenters. The molecule has 0 saturated heterocycles. The first-order chi connectivity index (χ1) is 8.29. The van der Waals surface area contributed by atoms with Crippen LogP contribution >= 0.6 is 0 Å². The fourth-order valence-corrected chi connectivity index (χ4v) is 2.07. The lowest BCUT2D eigenvalue weighted by Crippen LogP contribution is -2.41. The summed E-state index contributed by atoms with van der Waals surface area (Å²) in [4.78, 5) is 0. The Balaban J connectivity index is 4.21. The zero-order valence-corrected chi connectivity index (χ0v) is 11.8. The third-order valence-corrected chi connectivity index (χ3v) is 2.90. The van der Waals surface area contributed by atoms with Crippen molar-refractivity contribution < 1.29 is 4.74 Å². The predicted molar refractivity (Wildman–Crippen MR) is 75.1 cm³/mol. The molecule has 2 heteroatoms. The molecule has 0 aliphatic heterocycles. The summed E-state index contributed by atoms with van der Waals surface area (Å²) in [7, 11) is 0. The van der Waals surface area contributed by atoms with Crippen LogP contribution in [0.1, 0.15) is 59.3 Å². The number of rotatable bonds is 11. The molecule has 0 aromatic rings. The molecule has 1 N–H and O–H groups in total. The van der Waals surface area contributed by atoms with Gasteiger partial charge in [0.1, 0.15) is 0 Å². The molecule has 0 radical (unpaired) electrons. The molecule has 2 nitrogen and oxygen atoms in total. The van der Waals surface area contributed by atoms with E-state index in [0.717, 1.165) is 45.3 Å². The molecule has 0 rings (SSSR count). The number of hydrogen-bond acceptors (Lipinski definition) is 2. The Morgan fingerprint density at radius 2 is 1.94 bits per heavy atom. The summed E-state index contributed by atoms with van der Waals surface area (Å²) in [5, 5.41) is 3.60. The Morgan fingerprint density at radius 3 is 2.47 bits per heavy atom. The molecule has 0 aromatic heterocycles. The number of ether oxygens (including phenoxy) is 1. The molecule has 0 heterocycles. The minimum Gasteiger partial charge on any atom is -0.377 e. The predicted octanol–water partition coefficient (Wildman–Crippen LogP) is 3.36. The Labute approximate surface area is 108 Å². The lowest BCUT2D eigenvalue weighted by Gasteiger charge is -2.28. The van der Waals surface area contributed by atoms with Crippen molar-refractivity contribution in [2.45, 2.75) is 71.4 Å². The second kappa shape index (κ2) is 12.0. The van der Waals surface area contributed by atoms with E-state index >= 15 is 0 Å². The van der Waals surface area contributed by atoms with Crippen LogP contribution in [0.15, 0.2) is 0 Å². The summed E-state index contributed by atoms with van der Waals surface area (Å²) in [6.07, 6.45) is 12.2. The number of terminal acetylenes is 1. The molecule has 2 atom stereocenters. The van der Waals surface area contributed by atoms with Gasteiger partial charge in [0, 0.05) is 19.1 Å². The van der Waals surface area contributed by atoms with E-state index in [9.17, 15) is 0 Å². The molecule has 0 fully saturated rings. The van der Waals surface area contributed by atoms with Crippen LogP contribution in [0.3, 0.4) is 0 Å². The van der Waals surface area contributed by atoms with Crippen LogP contribution < -0.4 is 5.32 Å². The van der Waals surface area contributed by atoms with Gasteiger partial charge in [-0.1, -0.05) is 20.3 Å². The molecule has 0 aromatic carbocycles. The maximum atomic E-state index is 5.86. The molecule has 17 heavy (non-hydrogen) atoms. The third kappa shape index (κ3) is 8.24. The molecular formula is C15H29NO. The molecule has 0 saturated carbocycles. The minimum absolute atomic E-state index is 0.342. The van der Waals surface area contributed by atoms with Crippen LogP contribution in [0, 0.1) is 12.3 Å². The Morgan fingerprint density at radius 1 is 1.18 bits per heavy atom. The zero-order chi connectivity index (χ0) is 12.9. The number of nitrogens with one attached hydrogen (secondary N) is 1. The first-order valence-corrected chi connectivity index (χ1v) is 7.08. The number of unbranched alkanes of at least 4 members (excludes halogenated alkanes) is 1. The van der Waals surface area contributed by atoms with Crippen LogP contribution in [0.25, 0.3) is 0 Å². The second-order valence-electron chi connectivity index (χ2n) is 4.44. The van der Waals surface area contributed by atoms with Gasteiger partial charge in [-0.15, -0.1) is 12.3 Å². The van der Waals surface area contributed by atoms with Gasteiger partial charge in [-0.3, -0.25) is 0 Å². The summed E-state index contributed by atoms with van der Waals surface area (Å²) in [6, 6.07) is 0.461. The van der Waals surface area contributed by atoms with E-state index in [-0.39, 0.29) is 0 Å². The van der Waals surface area contributed by atoms with Gasteiger partial charge in [-0.05, 0) is 39.2 Å². The fraction of sp³-hybridized carbons (Fsp3) is 0.867. The maximum Gasteiger partial charge on any atom is 0.0727 e. The van der Waals surface area contributed by atoms with Crippen molar-refractivity contribution in [3.05, 3.63) is 0 Å². The summed E-state index contributed by atoms with van der Waals surface area (Å²) in [6.45, 7) is 8.34. The fourth-order valence-electron chi connectivity index (χ4n) is 2.07. The smallest absolute Gasteiger partial charge is 0.0727 e. The highest BCUT2D eigenvalue weighted by Crippen LogP contribution is 2.13. The van der Waals surface area contributed by atoms with Gasteiger partial charge in [-0.2, -0.15) is 0 Å². The molecule has 100 valence electrons. The Kier molecular flexibility index (Phi) is 11.6. The Bertz CT molecular complexity index is 192. The molecule has 0 aliphatic carbocycles. The van der Waals surface area contributed by atoms with Crippen molar-refractivity contribution >= 4 is 0 Å². The van der Waals surface area contributed by atoms with Crippen molar-refractivity contribution in [2.24, 2.45) is 0 Å². The molecule has 0 bridgehead atoms. The third-order valence-electron chi connectivity index (χ3n) is 2.90. The van der Waals surface area contributed by atoms with Gasteiger partial charge in [0.25, 0.3) is 0 Å². The minimum atomic E-state index is 0.342. The quantitative estimate of drug-likeness (QED) is 0.441. The average Bonchev–Trinajstić information content (AvgIpc) is 2.33. The highest BCUT2D eigenvalue weighted by Gasteiger charge is 2.19. The van der Waals surface area contributed by atoms with Crippen LogP contribution in [0.4, 0.5) is 0 Å². The topological polar surface area (TPSA) is 21.3 Å². The lowest BCUT2D eigenvalue weighted by molar-refractivity contribution is 0.0255. The van der Waals surface area contributed by atoms with Gasteiger partial charge in [-0.25, -0.2) is 0 Å². The van der Waals surface area contributed by atoms with E-state index in [2.05, 4.69) is 32.0 Å². The summed E-state index contributed by atoms with van der Waals surface area (Å²) in [5.41, 5.74) is 0. The summed E-state index contributed by atoms with van der Waals surface area (Å²) in [5.74, 6) is 2.71. The van der Waals surface area contributed by atoms with E-state index in [1.54, 1.807) is 0 Å². The Hall–Kier alpha value is -0.520. The van der Waals surface area contributed by atoms with Gasteiger partial charge < -0.3 is 10.1 Å². The first kappa shape index (κ1) is 16.5. The second-order valence-corrected chi connectivity index (χ2v) is 4.44. The summed E-state index contributed by atoms with van der Waals surface area (Å²) < 4.78 is 5.86. The first-order valence-electron chi connectivity index (χ1n) is 7.08. The van der Waals surface area contributed by atoms with Gasteiger partial charge in [0.2, 0.25) is 0 Å². The molecule has 0 spiro atoms. The molecule has 0 aliphatic rings. The van der Waals surface area contributed by atoms with E-state index in [4.69, 9.17) is 11.2 Å². The number of hydrogen-bond donors (Lipinski definition) is 1. The SMILES string of the molecule is C#CCCCC(NCCC)C(CCC)OCC. The van der Waals surface area contributed by atoms with Crippen LogP contribution in [-0.2, 0) is 4.74 Å². The van der Waals surface area contributed by atoms with Crippen molar-refractivity contribution in [1.29, 1.82) is 0 Å². The highest BCUT2D eigenvalue weighted by molar-refractivity contribution is 4.85. The standard InChI is InChI=1S/C15H29NO/c1-5-9-10-12-14(16-13-7-3)15(11-6-2)17-8-4/h1,14-16H,6-13H2,2-4H3. The van der Waals surface area contributed by atoms with Crippen molar-refractivity contribution in [2.75, 3.05) is 13.2 Å². The van der Waals surface area contributed by atoms with Crippen molar-refractivity contribution in [3.8, 4) is 12.3 Å². The average molecular weight is 239 g/mol. The van der Waals surface area contributed by atoms with Crippen LogP contribution in [-0.4, -0.2) is 25.3 Å². The maximum absolute atomic E-state index is 5.86. The van der Waals surface area contributed by atoms with Crippen LogP contribution in [0.2, 0.25) is 0 Å². The summed E-state index contributed by atoms with van der Waals surface area (Å²) >= 11 is 0. The van der Waals surface area contributed by atoms with E-state index in [1.165, 1.54) is 6.42 Å². The lowest BCUT2D eigenvalue weighted by atomic mass is 10.00. The normalized spacial score (nSPS) is 14.2. The van der Waals surface area contributed by atoms with Gasteiger partial charge >= 0.3 is 0 Å².